The molecule has 4 nitrogen and oxygen atoms in total. The SMILES string of the molecule is CC(COc1cccc2c1CCCC2=O)C(N)=O. The molecule has 1 atom stereocenters. The number of hydrogen-bond acceptors (Lipinski definition) is 3. The van der Waals surface area contributed by atoms with E-state index in [0.717, 1.165) is 24.0 Å². The first-order chi connectivity index (χ1) is 8.59. The van der Waals surface area contributed by atoms with Crippen molar-refractivity contribution >= 4 is 11.7 Å². The lowest BCUT2D eigenvalue weighted by Crippen LogP contribution is -2.26. The molecule has 0 fully saturated rings. The monoisotopic (exact) mass is 247 g/mol. The Morgan fingerprint density at radius 3 is 2.94 bits per heavy atom. The third-order valence-corrected chi connectivity index (χ3v) is 3.24. The fourth-order valence-electron chi connectivity index (χ4n) is 2.08. The van der Waals surface area contributed by atoms with E-state index in [1.807, 2.05) is 18.2 Å². The van der Waals surface area contributed by atoms with Gasteiger partial charge in [0.15, 0.2) is 5.78 Å². The first-order valence-corrected chi connectivity index (χ1v) is 6.17. The first-order valence-electron chi connectivity index (χ1n) is 6.17. The number of ether oxygens (including phenoxy) is 1. The molecule has 1 aliphatic rings. The molecule has 0 spiro atoms. The molecule has 1 unspecified atom stereocenters. The normalized spacial score (nSPS) is 15.9. The minimum atomic E-state index is -0.379. The third-order valence-electron chi connectivity index (χ3n) is 3.24. The van der Waals surface area contributed by atoms with Gasteiger partial charge in [-0.15, -0.1) is 0 Å². The zero-order valence-electron chi connectivity index (χ0n) is 10.4. The van der Waals surface area contributed by atoms with Gasteiger partial charge >= 0.3 is 0 Å². The second kappa shape index (κ2) is 5.21. The van der Waals surface area contributed by atoms with E-state index in [1.54, 1.807) is 6.92 Å². The molecular formula is C14H17NO3. The van der Waals surface area contributed by atoms with Crippen molar-refractivity contribution in [3.63, 3.8) is 0 Å². The summed E-state index contributed by atoms with van der Waals surface area (Å²) in [6.07, 6.45) is 2.31. The van der Waals surface area contributed by atoms with Crippen molar-refractivity contribution < 1.29 is 14.3 Å². The van der Waals surface area contributed by atoms with Crippen LogP contribution in [-0.2, 0) is 11.2 Å². The summed E-state index contributed by atoms with van der Waals surface area (Å²) in [4.78, 5) is 22.7. The fraction of sp³-hybridized carbons (Fsp3) is 0.429. The molecule has 2 rings (SSSR count). The fourth-order valence-corrected chi connectivity index (χ4v) is 2.08. The molecule has 0 aliphatic heterocycles. The quantitative estimate of drug-likeness (QED) is 0.880. The number of benzene rings is 1. The van der Waals surface area contributed by atoms with E-state index < -0.39 is 0 Å². The number of Topliss-reactive ketones (excluding diaryl/α,β-unsaturated/α-hetero) is 1. The summed E-state index contributed by atoms with van der Waals surface area (Å²) in [5.74, 6) is 0.161. The molecule has 0 aromatic heterocycles. The molecule has 18 heavy (non-hydrogen) atoms. The van der Waals surface area contributed by atoms with Gasteiger partial charge in [-0.1, -0.05) is 19.1 Å². The lowest BCUT2D eigenvalue weighted by atomic mass is 9.90. The van der Waals surface area contributed by atoms with Crippen molar-refractivity contribution in [2.75, 3.05) is 6.61 Å². The number of amides is 1. The molecule has 2 N–H and O–H groups in total. The Labute approximate surface area is 106 Å². The first kappa shape index (κ1) is 12.6. The van der Waals surface area contributed by atoms with E-state index in [-0.39, 0.29) is 24.2 Å². The van der Waals surface area contributed by atoms with E-state index >= 15 is 0 Å². The number of carbonyl (C=O) groups excluding carboxylic acids is 2. The predicted octanol–water partition coefficient (Wildman–Crippen LogP) is 1.71. The van der Waals surface area contributed by atoms with Gasteiger partial charge in [-0.25, -0.2) is 0 Å². The molecular weight excluding hydrogens is 230 g/mol. The van der Waals surface area contributed by atoms with Gasteiger partial charge in [0, 0.05) is 17.5 Å². The highest BCUT2D eigenvalue weighted by atomic mass is 16.5. The maximum atomic E-state index is 11.8. The van der Waals surface area contributed by atoms with Gasteiger partial charge in [-0.05, 0) is 18.9 Å². The second-order valence-electron chi connectivity index (χ2n) is 4.67. The largest absolute Gasteiger partial charge is 0.492 e. The molecule has 1 aromatic carbocycles. The minimum absolute atomic E-state index is 0.171. The van der Waals surface area contributed by atoms with Crippen LogP contribution >= 0.6 is 0 Å². The minimum Gasteiger partial charge on any atom is -0.492 e. The standard InChI is InChI=1S/C14H17NO3/c1-9(14(15)17)8-18-13-7-3-4-10-11(13)5-2-6-12(10)16/h3-4,7,9H,2,5-6,8H2,1H3,(H2,15,17). The lowest BCUT2D eigenvalue weighted by Gasteiger charge is -2.19. The maximum Gasteiger partial charge on any atom is 0.223 e. The number of primary amides is 1. The summed E-state index contributed by atoms with van der Waals surface area (Å²) in [6.45, 7) is 1.98. The van der Waals surface area contributed by atoms with Gasteiger partial charge in [0.25, 0.3) is 0 Å². The molecule has 0 bridgehead atoms. The van der Waals surface area contributed by atoms with Crippen molar-refractivity contribution in [2.24, 2.45) is 11.7 Å². The van der Waals surface area contributed by atoms with Gasteiger partial charge < -0.3 is 10.5 Å². The molecule has 0 radical (unpaired) electrons. The lowest BCUT2D eigenvalue weighted by molar-refractivity contribution is -0.122. The van der Waals surface area contributed by atoms with Crippen molar-refractivity contribution in [3.05, 3.63) is 29.3 Å². The van der Waals surface area contributed by atoms with Crippen LogP contribution in [0.2, 0.25) is 0 Å². The van der Waals surface area contributed by atoms with Gasteiger partial charge in [-0.3, -0.25) is 9.59 Å². The predicted molar refractivity (Wildman–Crippen MR) is 67.6 cm³/mol. The van der Waals surface area contributed by atoms with Crippen LogP contribution in [0.3, 0.4) is 0 Å². The van der Waals surface area contributed by atoms with Crippen molar-refractivity contribution in [3.8, 4) is 5.75 Å². The van der Waals surface area contributed by atoms with Crippen LogP contribution in [0.1, 0.15) is 35.7 Å². The number of rotatable bonds is 4. The van der Waals surface area contributed by atoms with E-state index in [1.165, 1.54) is 0 Å². The summed E-state index contributed by atoms with van der Waals surface area (Å²) in [6, 6.07) is 5.48. The highest BCUT2D eigenvalue weighted by Crippen LogP contribution is 2.29. The van der Waals surface area contributed by atoms with Gasteiger partial charge in [-0.2, -0.15) is 0 Å². The summed E-state index contributed by atoms with van der Waals surface area (Å²) in [7, 11) is 0. The maximum absolute atomic E-state index is 11.8. The summed E-state index contributed by atoms with van der Waals surface area (Å²) >= 11 is 0. The average molecular weight is 247 g/mol. The summed E-state index contributed by atoms with van der Waals surface area (Å²) in [5, 5.41) is 0. The third kappa shape index (κ3) is 2.53. The second-order valence-corrected chi connectivity index (χ2v) is 4.67. The molecule has 0 saturated carbocycles. The number of carbonyl (C=O) groups is 2. The molecule has 0 heterocycles. The van der Waals surface area contributed by atoms with Gasteiger partial charge in [0.2, 0.25) is 5.91 Å². The Morgan fingerprint density at radius 2 is 2.22 bits per heavy atom. The Morgan fingerprint density at radius 1 is 1.44 bits per heavy atom. The van der Waals surface area contributed by atoms with Crippen LogP contribution in [0.4, 0.5) is 0 Å². The van der Waals surface area contributed by atoms with Crippen LogP contribution in [0.25, 0.3) is 0 Å². The van der Waals surface area contributed by atoms with Crippen LogP contribution in [-0.4, -0.2) is 18.3 Å². The Hall–Kier alpha value is -1.84. The average Bonchev–Trinajstić information content (AvgIpc) is 2.36. The smallest absolute Gasteiger partial charge is 0.223 e. The van der Waals surface area contributed by atoms with Crippen molar-refractivity contribution in [2.45, 2.75) is 26.2 Å². The Bertz CT molecular complexity index is 482. The molecule has 1 aromatic rings. The molecule has 96 valence electrons. The molecule has 1 aliphatic carbocycles. The zero-order valence-corrected chi connectivity index (χ0v) is 10.4. The Balaban J connectivity index is 2.16. The molecule has 4 heteroatoms. The van der Waals surface area contributed by atoms with Crippen LogP contribution in [0, 0.1) is 5.92 Å². The van der Waals surface area contributed by atoms with Gasteiger partial charge in [0.05, 0.1) is 12.5 Å². The van der Waals surface area contributed by atoms with Crippen LogP contribution in [0.15, 0.2) is 18.2 Å². The van der Waals surface area contributed by atoms with Crippen molar-refractivity contribution in [1.29, 1.82) is 0 Å². The highest BCUT2D eigenvalue weighted by Gasteiger charge is 2.20. The zero-order chi connectivity index (χ0) is 13.1. The topological polar surface area (TPSA) is 69.4 Å². The summed E-state index contributed by atoms with van der Waals surface area (Å²) in [5.41, 5.74) is 6.91. The molecule has 1 amide bonds. The van der Waals surface area contributed by atoms with Crippen molar-refractivity contribution in [1.82, 2.24) is 0 Å². The molecule has 0 saturated heterocycles. The van der Waals surface area contributed by atoms with E-state index in [2.05, 4.69) is 0 Å². The number of fused-ring (bicyclic) bond motifs is 1. The van der Waals surface area contributed by atoms with E-state index in [4.69, 9.17) is 10.5 Å². The number of ketones is 1. The highest BCUT2D eigenvalue weighted by molar-refractivity contribution is 5.99. The number of hydrogen-bond donors (Lipinski definition) is 1. The van der Waals surface area contributed by atoms with E-state index in [9.17, 15) is 9.59 Å². The van der Waals surface area contributed by atoms with Crippen LogP contribution < -0.4 is 10.5 Å². The Kier molecular flexibility index (Phi) is 3.65. The summed E-state index contributed by atoms with van der Waals surface area (Å²) < 4.78 is 5.62. The van der Waals surface area contributed by atoms with Gasteiger partial charge in [0.1, 0.15) is 5.75 Å². The number of nitrogens with two attached hydrogens (primary N) is 1. The van der Waals surface area contributed by atoms with Crippen LogP contribution in [0.5, 0.6) is 5.75 Å². The van der Waals surface area contributed by atoms with E-state index in [0.29, 0.717) is 12.2 Å².